The van der Waals surface area contributed by atoms with E-state index >= 15 is 0 Å². The Bertz CT molecular complexity index is 1880. The third kappa shape index (κ3) is 7.70. The third-order valence-corrected chi connectivity index (χ3v) is 8.97. The first-order valence-corrected chi connectivity index (χ1v) is 17.4. The lowest BCUT2D eigenvalue weighted by Gasteiger charge is -2.25. The maximum Gasteiger partial charge on any atom is 0.323 e. The van der Waals surface area contributed by atoms with Crippen molar-refractivity contribution in [2.24, 2.45) is 0 Å². The average molecular weight is 623 g/mol. The Morgan fingerprint density at radius 2 is 1.49 bits per heavy atom. The van der Waals surface area contributed by atoms with E-state index in [9.17, 15) is 9.36 Å². The first-order chi connectivity index (χ1) is 21.4. The summed E-state index contributed by atoms with van der Waals surface area (Å²) in [6.45, 7) is 9.62. The number of rotatable bonds is 9. The van der Waals surface area contributed by atoms with Crippen molar-refractivity contribution in [3.8, 4) is 17.2 Å². The van der Waals surface area contributed by atoms with E-state index in [2.05, 4.69) is 41.4 Å². The third-order valence-electron chi connectivity index (χ3n) is 7.48. The van der Waals surface area contributed by atoms with Gasteiger partial charge in [-0.2, -0.15) is 0 Å². The van der Waals surface area contributed by atoms with Crippen LogP contribution in [0, 0.1) is 0 Å². The molecule has 0 bridgehead atoms. The zero-order valence-corrected chi connectivity index (χ0v) is 27.4. The van der Waals surface area contributed by atoms with E-state index in [1.54, 1.807) is 25.7 Å². The number of carbonyl (C=O) groups is 1. The fraction of sp³-hybridized carbons (Fsp3) is 0.250. The van der Waals surface area contributed by atoms with Gasteiger partial charge in [0, 0.05) is 40.6 Å². The molecule has 0 aliphatic carbocycles. The van der Waals surface area contributed by atoms with E-state index in [1.807, 2.05) is 78.9 Å². The van der Waals surface area contributed by atoms with Crippen LogP contribution in [0.1, 0.15) is 37.7 Å². The number of aryl methyl sites for hydroxylation is 2. The van der Waals surface area contributed by atoms with Crippen LogP contribution in [0.25, 0.3) is 10.8 Å². The molecule has 2 N–H and O–H groups in total. The first-order valence-electron chi connectivity index (χ1n) is 14.8. The number of aromatic nitrogens is 2. The van der Waals surface area contributed by atoms with Gasteiger partial charge in [-0.25, -0.2) is 4.79 Å². The molecule has 0 aliphatic rings. The summed E-state index contributed by atoms with van der Waals surface area (Å²) in [5.41, 5.74) is 3.71. The van der Waals surface area contributed by atoms with Crippen LogP contribution < -0.4 is 25.4 Å². The number of amides is 2. The van der Waals surface area contributed by atoms with Crippen LogP contribution in [-0.2, 0) is 22.8 Å². The molecular formula is C36H39N4O4P. The summed E-state index contributed by atoms with van der Waals surface area (Å²) < 4.78 is 25.2. The number of hydrogen-bond donors (Lipinski definition) is 2. The summed E-state index contributed by atoms with van der Waals surface area (Å²) in [6.07, 6.45) is 5.07. The van der Waals surface area contributed by atoms with Crippen LogP contribution in [0.5, 0.6) is 17.2 Å². The van der Waals surface area contributed by atoms with Crippen LogP contribution in [0.3, 0.4) is 0 Å². The van der Waals surface area contributed by atoms with Gasteiger partial charge in [-0.3, -0.25) is 9.97 Å². The molecule has 0 fully saturated rings. The van der Waals surface area contributed by atoms with Crippen LogP contribution >= 0.6 is 7.14 Å². The average Bonchev–Trinajstić information content (AvgIpc) is 3.00. The zero-order valence-electron chi connectivity index (χ0n) is 26.5. The number of pyridine rings is 2. The number of ether oxygens (including phenoxy) is 2. The molecule has 2 amide bonds. The minimum atomic E-state index is -2.71. The number of hydrogen-bond acceptors (Lipinski definition) is 6. The predicted octanol–water partition coefficient (Wildman–Crippen LogP) is 8.41. The molecule has 3 aromatic carbocycles. The molecule has 0 unspecified atom stereocenters. The van der Waals surface area contributed by atoms with Crippen molar-refractivity contribution in [1.82, 2.24) is 9.97 Å². The van der Waals surface area contributed by atoms with Gasteiger partial charge in [0.05, 0.1) is 23.8 Å². The lowest BCUT2D eigenvalue weighted by atomic mass is 9.86. The fourth-order valence-electron chi connectivity index (χ4n) is 5.08. The van der Waals surface area contributed by atoms with Gasteiger partial charge >= 0.3 is 6.03 Å². The summed E-state index contributed by atoms with van der Waals surface area (Å²) in [4.78, 5) is 22.3. The smallest absolute Gasteiger partial charge is 0.323 e. The first kappa shape index (κ1) is 31.7. The van der Waals surface area contributed by atoms with Gasteiger partial charge < -0.3 is 24.7 Å². The standard InChI is InChI=1S/C36H39N4O4P/c1-36(2,3)24-21-31(34(43-4)33(22-24)45(5,6)42)40-35(41)39-30-16-17-32(29-13-8-7-12-28(29)30)44-27-18-20-38-26(23-27)15-14-25-11-9-10-19-37-25/h7-13,16-23H,14-15H2,1-6H3,(H2,39,40,41). The quantitative estimate of drug-likeness (QED) is 0.160. The SMILES string of the molecule is COc1c(NC(=O)Nc2ccc(Oc3ccnc(CCc4ccccn4)c3)c3ccccc23)cc(C(C)(C)C)cc1P(C)(C)=O. The Balaban J connectivity index is 1.38. The van der Waals surface area contributed by atoms with Gasteiger partial charge in [0.25, 0.3) is 0 Å². The Morgan fingerprint density at radius 3 is 2.18 bits per heavy atom. The highest BCUT2D eigenvalue weighted by Gasteiger charge is 2.26. The molecule has 2 aromatic heterocycles. The van der Waals surface area contributed by atoms with Gasteiger partial charge in [0.1, 0.15) is 18.6 Å². The maximum absolute atomic E-state index is 13.4. The molecule has 45 heavy (non-hydrogen) atoms. The minimum Gasteiger partial charge on any atom is -0.494 e. The molecular weight excluding hydrogens is 583 g/mol. The van der Waals surface area contributed by atoms with Gasteiger partial charge in [-0.1, -0.05) is 51.1 Å². The largest absolute Gasteiger partial charge is 0.494 e. The van der Waals surface area contributed by atoms with Crippen LogP contribution in [-0.4, -0.2) is 36.4 Å². The lowest BCUT2D eigenvalue weighted by molar-refractivity contribution is 0.262. The molecule has 0 radical (unpaired) electrons. The summed E-state index contributed by atoms with van der Waals surface area (Å²) in [6, 6.07) is 24.4. The van der Waals surface area contributed by atoms with E-state index in [0.717, 1.165) is 40.6 Å². The van der Waals surface area contributed by atoms with Crippen LogP contribution in [0.2, 0.25) is 0 Å². The summed E-state index contributed by atoms with van der Waals surface area (Å²) in [5.74, 6) is 1.73. The molecule has 0 aliphatic heterocycles. The van der Waals surface area contributed by atoms with Crippen molar-refractivity contribution in [3.63, 3.8) is 0 Å². The molecule has 2 heterocycles. The second kappa shape index (κ2) is 13.1. The Kier molecular flexibility index (Phi) is 9.26. The van der Waals surface area contributed by atoms with Crippen molar-refractivity contribution in [1.29, 1.82) is 0 Å². The van der Waals surface area contributed by atoms with Crippen molar-refractivity contribution >= 4 is 40.6 Å². The number of nitrogens with zero attached hydrogens (tertiary/aromatic N) is 2. The number of nitrogens with one attached hydrogen (secondary N) is 2. The van der Waals surface area contributed by atoms with Gasteiger partial charge in [0.15, 0.2) is 5.75 Å². The highest BCUT2D eigenvalue weighted by atomic mass is 31.2. The van der Waals surface area contributed by atoms with E-state index in [-0.39, 0.29) is 5.41 Å². The summed E-state index contributed by atoms with van der Waals surface area (Å²) in [7, 11) is -1.19. The Morgan fingerprint density at radius 1 is 0.800 bits per heavy atom. The second-order valence-electron chi connectivity index (χ2n) is 12.3. The highest BCUT2D eigenvalue weighted by Crippen LogP contribution is 2.43. The molecule has 5 rings (SSSR count). The molecule has 8 nitrogen and oxygen atoms in total. The summed E-state index contributed by atoms with van der Waals surface area (Å²) >= 11 is 0. The molecule has 5 aromatic rings. The number of benzene rings is 3. The zero-order chi connectivity index (χ0) is 32.2. The normalized spacial score (nSPS) is 11.7. The number of methoxy groups -OCH3 is 1. The van der Waals surface area contributed by atoms with E-state index in [0.29, 0.717) is 33.9 Å². The number of carbonyl (C=O) groups excluding carboxylic acids is 1. The fourth-order valence-corrected chi connectivity index (χ4v) is 6.24. The molecule has 0 saturated carbocycles. The van der Waals surface area contributed by atoms with Gasteiger partial charge in [-0.05, 0) is 79.6 Å². The van der Waals surface area contributed by atoms with Crippen LogP contribution in [0.4, 0.5) is 16.2 Å². The van der Waals surface area contributed by atoms with E-state index < -0.39 is 13.2 Å². The van der Waals surface area contributed by atoms with Crippen molar-refractivity contribution in [2.75, 3.05) is 31.1 Å². The molecule has 9 heteroatoms. The Hall–Kier alpha value is -4.68. The molecule has 232 valence electrons. The minimum absolute atomic E-state index is 0.232. The maximum atomic E-state index is 13.4. The van der Waals surface area contributed by atoms with E-state index in [1.165, 1.54) is 7.11 Å². The van der Waals surface area contributed by atoms with Crippen molar-refractivity contribution in [2.45, 2.75) is 39.0 Å². The number of fused-ring (bicyclic) bond motifs is 1. The molecule has 0 spiro atoms. The van der Waals surface area contributed by atoms with Gasteiger partial charge in [0.2, 0.25) is 0 Å². The monoisotopic (exact) mass is 622 g/mol. The summed E-state index contributed by atoms with van der Waals surface area (Å²) in [5, 5.41) is 8.19. The highest BCUT2D eigenvalue weighted by molar-refractivity contribution is 7.70. The van der Waals surface area contributed by atoms with E-state index in [4.69, 9.17) is 9.47 Å². The predicted molar refractivity (Wildman–Crippen MR) is 183 cm³/mol. The van der Waals surface area contributed by atoms with Crippen LogP contribution in [0.15, 0.2) is 91.3 Å². The second-order valence-corrected chi connectivity index (χ2v) is 15.5. The van der Waals surface area contributed by atoms with Crippen molar-refractivity contribution in [3.05, 3.63) is 108 Å². The number of urea groups is 1. The lowest BCUT2D eigenvalue weighted by Crippen LogP contribution is -2.23. The molecule has 0 saturated heterocycles. The Labute approximate surface area is 264 Å². The van der Waals surface area contributed by atoms with Crippen molar-refractivity contribution < 1.29 is 18.8 Å². The van der Waals surface area contributed by atoms with Gasteiger partial charge in [-0.15, -0.1) is 0 Å². The topological polar surface area (TPSA) is 102 Å². The number of anilines is 2. The molecule has 0 atom stereocenters.